The number of nitrogens with zero attached hydrogens (tertiary/aromatic N) is 1. The van der Waals surface area contributed by atoms with Gasteiger partial charge in [0.05, 0.1) is 12.7 Å². The van der Waals surface area contributed by atoms with Gasteiger partial charge in [0.1, 0.15) is 5.75 Å². The van der Waals surface area contributed by atoms with Crippen LogP contribution in [0, 0.1) is 6.92 Å². The zero-order valence-corrected chi connectivity index (χ0v) is 12.0. The first-order chi connectivity index (χ1) is 10.2. The number of rotatable bonds is 3. The van der Waals surface area contributed by atoms with Gasteiger partial charge in [-0.05, 0) is 24.6 Å². The van der Waals surface area contributed by atoms with Gasteiger partial charge in [-0.25, -0.2) is 0 Å². The van der Waals surface area contributed by atoms with Gasteiger partial charge in [-0.1, -0.05) is 47.1 Å². The topological polar surface area (TPSA) is 61.3 Å². The molecule has 0 amide bonds. The summed E-state index contributed by atoms with van der Waals surface area (Å²) in [6.45, 7) is 2.04. The third-order valence-electron chi connectivity index (χ3n) is 3.36. The number of anilines is 1. The third-order valence-corrected chi connectivity index (χ3v) is 3.36. The van der Waals surface area contributed by atoms with Crippen molar-refractivity contribution in [1.29, 1.82) is 0 Å². The third kappa shape index (κ3) is 2.48. The van der Waals surface area contributed by atoms with Crippen molar-refractivity contribution in [3.05, 3.63) is 54.1 Å². The zero-order valence-electron chi connectivity index (χ0n) is 12.0. The van der Waals surface area contributed by atoms with E-state index >= 15 is 0 Å². The van der Waals surface area contributed by atoms with Crippen molar-refractivity contribution in [2.24, 2.45) is 0 Å². The van der Waals surface area contributed by atoms with Crippen LogP contribution in [0.2, 0.25) is 0 Å². The van der Waals surface area contributed by atoms with Gasteiger partial charge in [-0.2, -0.15) is 0 Å². The summed E-state index contributed by atoms with van der Waals surface area (Å²) in [5, 5.41) is 3.92. The lowest BCUT2D eigenvalue weighted by molar-refractivity contribution is 0.413. The average molecular weight is 280 g/mol. The minimum absolute atomic E-state index is 0.387. The van der Waals surface area contributed by atoms with E-state index in [1.54, 1.807) is 7.11 Å². The summed E-state index contributed by atoms with van der Waals surface area (Å²) in [7, 11) is 1.63. The summed E-state index contributed by atoms with van der Waals surface area (Å²) in [6, 6.07) is 15.7. The summed E-state index contributed by atoms with van der Waals surface area (Å²) in [5.74, 6) is 1.80. The molecule has 0 saturated carbocycles. The zero-order chi connectivity index (χ0) is 14.8. The second-order valence-corrected chi connectivity index (χ2v) is 4.87. The van der Waals surface area contributed by atoms with Crippen LogP contribution in [0.5, 0.6) is 5.75 Å². The highest BCUT2D eigenvalue weighted by atomic mass is 16.5. The molecule has 3 aromatic rings. The molecule has 0 fully saturated rings. The van der Waals surface area contributed by atoms with Gasteiger partial charge in [0.2, 0.25) is 0 Å². The van der Waals surface area contributed by atoms with E-state index < -0.39 is 0 Å². The normalized spacial score (nSPS) is 10.6. The maximum atomic E-state index is 6.00. The number of nitrogens with two attached hydrogens (primary N) is 1. The van der Waals surface area contributed by atoms with Crippen molar-refractivity contribution >= 4 is 5.82 Å². The molecule has 0 radical (unpaired) electrons. The summed E-state index contributed by atoms with van der Waals surface area (Å²) in [6.07, 6.45) is 0. The van der Waals surface area contributed by atoms with Crippen LogP contribution >= 0.6 is 0 Å². The minimum Gasteiger partial charge on any atom is -0.497 e. The first-order valence-electron chi connectivity index (χ1n) is 6.65. The highest BCUT2D eigenvalue weighted by Gasteiger charge is 2.18. The second-order valence-electron chi connectivity index (χ2n) is 4.87. The molecule has 21 heavy (non-hydrogen) atoms. The largest absolute Gasteiger partial charge is 0.497 e. The molecule has 106 valence electrons. The number of ether oxygens (including phenoxy) is 1. The van der Waals surface area contributed by atoms with Crippen LogP contribution in [0.15, 0.2) is 53.1 Å². The molecule has 0 unspecified atom stereocenters. The Bertz CT molecular complexity index is 778. The Morgan fingerprint density at radius 3 is 2.57 bits per heavy atom. The number of nitrogen functional groups attached to an aromatic ring is 1. The molecule has 0 aliphatic rings. The number of hydrogen-bond acceptors (Lipinski definition) is 4. The van der Waals surface area contributed by atoms with Crippen LogP contribution < -0.4 is 10.5 Å². The molecule has 0 saturated heterocycles. The Morgan fingerprint density at radius 2 is 1.81 bits per heavy atom. The highest BCUT2D eigenvalue weighted by Crippen LogP contribution is 2.37. The van der Waals surface area contributed by atoms with E-state index in [1.807, 2.05) is 49.4 Å². The van der Waals surface area contributed by atoms with Gasteiger partial charge < -0.3 is 15.0 Å². The fourth-order valence-corrected chi connectivity index (χ4v) is 2.34. The molecule has 3 rings (SSSR count). The molecule has 1 aromatic heterocycles. The van der Waals surface area contributed by atoms with E-state index in [0.717, 1.165) is 28.0 Å². The number of aromatic nitrogens is 1. The maximum absolute atomic E-state index is 6.00. The number of hydrogen-bond donors (Lipinski definition) is 1. The molecule has 0 atom stereocenters. The summed E-state index contributed by atoms with van der Waals surface area (Å²) < 4.78 is 10.7. The predicted octanol–water partition coefficient (Wildman–Crippen LogP) is 3.91. The van der Waals surface area contributed by atoms with E-state index in [-0.39, 0.29) is 0 Å². The lowest BCUT2D eigenvalue weighted by Crippen LogP contribution is -1.89. The lowest BCUT2D eigenvalue weighted by atomic mass is 10.00. The first-order valence-corrected chi connectivity index (χ1v) is 6.65. The summed E-state index contributed by atoms with van der Waals surface area (Å²) in [4.78, 5) is 0. The number of aryl methyl sites for hydroxylation is 1. The fraction of sp³-hybridized carbons (Fsp3) is 0.118. The van der Waals surface area contributed by atoms with Crippen molar-refractivity contribution in [3.63, 3.8) is 0 Å². The van der Waals surface area contributed by atoms with E-state index in [0.29, 0.717) is 11.6 Å². The van der Waals surface area contributed by atoms with Gasteiger partial charge in [-0.15, -0.1) is 0 Å². The van der Waals surface area contributed by atoms with E-state index in [2.05, 4.69) is 11.2 Å². The van der Waals surface area contributed by atoms with Crippen LogP contribution in [-0.4, -0.2) is 12.3 Å². The molecule has 2 N–H and O–H groups in total. The van der Waals surface area contributed by atoms with Crippen LogP contribution in [-0.2, 0) is 0 Å². The monoisotopic (exact) mass is 280 g/mol. The molecule has 0 aliphatic heterocycles. The molecule has 4 heteroatoms. The van der Waals surface area contributed by atoms with E-state index in [1.165, 1.54) is 0 Å². The molecule has 2 aromatic carbocycles. The van der Waals surface area contributed by atoms with Gasteiger partial charge in [0, 0.05) is 5.56 Å². The quantitative estimate of drug-likeness (QED) is 0.790. The Labute approximate surface area is 123 Å². The Morgan fingerprint density at radius 1 is 1.05 bits per heavy atom. The first kappa shape index (κ1) is 13.2. The lowest BCUT2D eigenvalue weighted by Gasteiger charge is -2.05. The molecular formula is C17H16N2O2. The minimum atomic E-state index is 0.387. The van der Waals surface area contributed by atoms with E-state index in [9.17, 15) is 0 Å². The van der Waals surface area contributed by atoms with E-state index in [4.69, 9.17) is 15.0 Å². The van der Waals surface area contributed by atoms with Crippen molar-refractivity contribution in [2.45, 2.75) is 6.92 Å². The van der Waals surface area contributed by atoms with Crippen molar-refractivity contribution < 1.29 is 9.26 Å². The molecule has 1 heterocycles. The van der Waals surface area contributed by atoms with Crippen molar-refractivity contribution in [1.82, 2.24) is 5.16 Å². The Balaban J connectivity index is 2.17. The molecule has 0 aliphatic carbocycles. The van der Waals surface area contributed by atoms with Crippen molar-refractivity contribution in [2.75, 3.05) is 12.8 Å². The van der Waals surface area contributed by atoms with Gasteiger partial charge in [-0.3, -0.25) is 0 Å². The maximum Gasteiger partial charge on any atom is 0.177 e. The predicted molar refractivity (Wildman–Crippen MR) is 83.1 cm³/mol. The number of benzene rings is 2. The number of methoxy groups -OCH3 is 1. The Hall–Kier alpha value is -2.75. The van der Waals surface area contributed by atoms with Gasteiger partial charge >= 0.3 is 0 Å². The molecule has 4 nitrogen and oxygen atoms in total. The van der Waals surface area contributed by atoms with Crippen LogP contribution in [0.4, 0.5) is 5.82 Å². The highest BCUT2D eigenvalue weighted by molar-refractivity contribution is 5.86. The van der Waals surface area contributed by atoms with Crippen LogP contribution in [0.3, 0.4) is 0 Å². The molecular weight excluding hydrogens is 264 g/mol. The fourth-order valence-electron chi connectivity index (χ4n) is 2.34. The van der Waals surface area contributed by atoms with Crippen molar-refractivity contribution in [3.8, 4) is 28.2 Å². The van der Waals surface area contributed by atoms with Gasteiger partial charge in [0.25, 0.3) is 0 Å². The van der Waals surface area contributed by atoms with Crippen LogP contribution in [0.1, 0.15) is 5.56 Å². The summed E-state index contributed by atoms with van der Waals surface area (Å²) in [5.41, 5.74) is 9.84. The molecule has 0 bridgehead atoms. The SMILES string of the molecule is COc1cccc(-c2onc(N)c2-c2cccc(C)c2)c1. The van der Waals surface area contributed by atoms with Gasteiger partial charge in [0.15, 0.2) is 11.6 Å². The van der Waals surface area contributed by atoms with Crippen LogP contribution in [0.25, 0.3) is 22.5 Å². The Kier molecular flexibility index (Phi) is 3.36. The standard InChI is InChI=1S/C17H16N2O2/c1-11-5-3-6-12(9-11)15-16(21-19-17(15)18)13-7-4-8-14(10-13)20-2/h3-10H,1-2H3,(H2,18,19). The summed E-state index contributed by atoms with van der Waals surface area (Å²) >= 11 is 0. The average Bonchev–Trinajstić information content (AvgIpc) is 2.89. The second kappa shape index (κ2) is 5.32. The smallest absolute Gasteiger partial charge is 0.177 e. The molecule has 0 spiro atoms.